The maximum atomic E-state index is 12.4. The van der Waals surface area contributed by atoms with Gasteiger partial charge in [0.1, 0.15) is 0 Å². The number of nitrogens with zero attached hydrogens (tertiary/aromatic N) is 2. The molecular weight excluding hydrogens is 262 g/mol. The molecule has 1 saturated carbocycles. The Morgan fingerprint density at radius 1 is 1.19 bits per heavy atom. The second-order valence-electron chi connectivity index (χ2n) is 7.10. The minimum Gasteiger partial charge on any atom is -0.338 e. The van der Waals surface area contributed by atoms with Gasteiger partial charge < -0.3 is 10.6 Å². The lowest BCUT2D eigenvalue weighted by Crippen LogP contribution is -2.62. The van der Waals surface area contributed by atoms with Crippen molar-refractivity contribution in [1.29, 1.82) is 0 Å². The average Bonchev–Trinajstić information content (AvgIpc) is 3.20. The van der Waals surface area contributed by atoms with Crippen molar-refractivity contribution in [2.45, 2.75) is 44.3 Å². The number of hydrogen-bond donors (Lipinski definition) is 1. The maximum absolute atomic E-state index is 12.4. The summed E-state index contributed by atoms with van der Waals surface area (Å²) in [7, 11) is 0. The number of benzene rings is 1. The number of carbonyl (C=O) groups is 1. The lowest BCUT2D eigenvalue weighted by Gasteiger charge is -2.47. The van der Waals surface area contributed by atoms with Crippen LogP contribution in [0.4, 0.5) is 0 Å². The van der Waals surface area contributed by atoms with Crippen molar-refractivity contribution in [3.8, 4) is 0 Å². The normalized spacial score (nSPS) is 23.9. The predicted molar refractivity (Wildman–Crippen MR) is 83.7 cm³/mol. The summed E-state index contributed by atoms with van der Waals surface area (Å²) < 4.78 is 0. The zero-order valence-electron chi connectivity index (χ0n) is 13.0. The summed E-state index contributed by atoms with van der Waals surface area (Å²) in [5.74, 6) is 0.148. The van der Waals surface area contributed by atoms with E-state index in [2.05, 4.69) is 43.0 Å². The molecule has 0 radical (unpaired) electrons. The first kappa shape index (κ1) is 14.5. The summed E-state index contributed by atoms with van der Waals surface area (Å²) in [4.78, 5) is 16.8. The third kappa shape index (κ3) is 2.97. The van der Waals surface area contributed by atoms with Gasteiger partial charge in [0.2, 0.25) is 5.91 Å². The smallest absolute Gasteiger partial charge is 0.242 e. The van der Waals surface area contributed by atoms with Crippen molar-refractivity contribution in [3.05, 3.63) is 35.9 Å². The van der Waals surface area contributed by atoms with Gasteiger partial charge in [-0.1, -0.05) is 30.3 Å². The summed E-state index contributed by atoms with van der Waals surface area (Å²) in [6, 6.07) is 10.5. The zero-order valence-corrected chi connectivity index (χ0v) is 13.0. The van der Waals surface area contributed by atoms with Crippen molar-refractivity contribution in [2.75, 3.05) is 19.6 Å². The van der Waals surface area contributed by atoms with Crippen LogP contribution in [0.3, 0.4) is 0 Å². The lowest BCUT2D eigenvalue weighted by molar-refractivity contribution is -0.138. The van der Waals surface area contributed by atoms with Crippen LogP contribution in [0.1, 0.15) is 32.3 Å². The highest BCUT2D eigenvalue weighted by atomic mass is 16.2. The Hall–Kier alpha value is -1.39. The minimum absolute atomic E-state index is 0.0188. The zero-order chi connectivity index (χ0) is 15.1. The molecule has 0 aromatic heterocycles. The van der Waals surface area contributed by atoms with Crippen LogP contribution in [-0.4, -0.2) is 46.4 Å². The Labute approximate surface area is 126 Å². The molecule has 1 aromatic rings. The molecular formula is C17H25N3O. The summed E-state index contributed by atoms with van der Waals surface area (Å²) in [5.41, 5.74) is 6.82. The standard InChI is InChI=1S/C17H25N3O/c1-16(2)13-19(15(21)17(18)8-9-17)10-11-20(16)12-14-6-4-3-5-7-14/h3-7H,8-13,18H2,1-2H3. The Morgan fingerprint density at radius 2 is 1.86 bits per heavy atom. The molecule has 1 amide bonds. The molecule has 1 saturated heterocycles. The molecule has 1 heterocycles. The molecule has 0 unspecified atom stereocenters. The van der Waals surface area contributed by atoms with Gasteiger partial charge in [-0.2, -0.15) is 0 Å². The molecule has 4 nitrogen and oxygen atoms in total. The molecule has 3 rings (SSSR count). The molecule has 0 atom stereocenters. The molecule has 2 N–H and O–H groups in total. The van der Waals surface area contributed by atoms with Gasteiger partial charge in [-0.25, -0.2) is 0 Å². The van der Waals surface area contributed by atoms with Crippen LogP contribution >= 0.6 is 0 Å². The number of rotatable bonds is 3. The maximum Gasteiger partial charge on any atom is 0.242 e. The first-order chi connectivity index (χ1) is 9.91. The molecule has 1 aromatic carbocycles. The quantitative estimate of drug-likeness (QED) is 0.918. The number of hydrogen-bond acceptors (Lipinski definition) is 3. The van der Waals surface area contributed by atoms with Gasteiger partial charge in [-0.15, -0.1) is 0 Å². The molecule has 2 fully saturated rings. The monoisotopic (exact) mass is 287 g/mol. The summed E-state index contributed by atoms with van der Waals surface area (Å²) in [5, 5.41) is 0. The summed E-state index contributed by atoms with van der Waals surface area (Å²) in [6.45, 7) is 7.82. The fourth-order valence-electron chi connectivity index (χ4n) is 3.12. The third-order valence-electron chi connectivity index (χ3n) is 4.79. The van der Waals surface area contributed by atoms with Crippen molar-refractivity contribution in [3.63, 3.8) is 0 Å². The summed E-state index contributed by atoms with van der Waals surface area (Å²) >= 11 is 0. The van der Waals surface area contributed by atoms with Gasteiger partial charge in [0.05, 0.1) is 5.54 Å². The largest absolute Gasteiger partial charge is 0.338 e. The van der Waals surface area contributed by atoms with Crippen LogP contribution in [0.2, 0.25) is 0 Å². The van der Waals surface area contributed by atoms with Gasteiger partial charge in [0.15, 0.2) is 0 Å². The van der Waals surface area contributed by atoms with E-state index in [1.807, 2.05) is 11.0 Å². The molecule has 21 heavy (non-hydrogen) atoms. The molecule has 114 valence electrons. The predicted octanol–water partition coefficient (Wildman–Crippen LogP) is 1.60. The Kier molecular flexibility index (Phi) is 3.54. The molecule has 4 heteroatoms. The van der Waals surface area contributed by atoms with E-state index in [4.69, 9.17) is 5.73 Å². The SMILES string of the molecule is CC1(C)CN(C(=O)C2(N)CC2)CCN1Cc1ccccc1. The van der Waals surface area contributed by atoms with Crippen LogP contribution in [-0.2, 0) is 11.3 Å². The van der Waals surface area contributed by atoms with E-state index in [0.717, 1.165) is 39.0 Å². The van der Waals surface area contributed by atoms with E-state index < -0.39 is 5.54 Å². The number of nitrogens with two attached hydrogens (primary N) is 1. The van der Waals surface area contributed by atoms with Crippen LogP contribution in [0.5, 0.6) is 0 Å². The Morgan fingerprint density at radius 3 is 2.43 bits per heavy atom. The van der Waals surface area contributed by atoms with Crippen molar-refractivity contribution >= 4 is 5.91 Å². The van der Waals surface area contributed by atoms with Crippen molar-refractivity contribution in [1.82, 2.24) is 9.80 Å². The highest BCUT2D eigenvalue weighted by molar-refractivity contribution is 5.89. The first-order valence-corrected chi connectivity index (χ1v) is 7.78. The van der Waals surface area contributed by atoms with Crippen LogP contribution in [0.15, 0.2) is 30.3 Å². The van der Waals surface area contributed by atoms with E-state index >= 15 is 0 Å². The van der Waals surface area contributed by atoms with Gasteiger partial charge in [0.25, 0.3) is 0 Å². The fourth-order valence-corrected chi connectivity index (χ4v) is 3.12. The van der Waals surface area contributed by atoms with E-state index in [9.17, 15) is 4.79 Å². The van der Waals surface area contributed by atoms with E-state index in [1.165, 1.54) is 5.56 Å². The molecule has 1 aliphatic carbocycles. The second kappa shape index (κ2) is 5.11. The summed E-state index contributed by atoms with van der Waals surface area (Å²) in [6.07, 6.45) is 1.69. The van der Waals surface area contributed by atoms with Crippen LogP contribution < -0.4 is 5.73 Å². The number of piperazine rings is 1. The molecule has 1 aliphatic heterocycles. The second-order valence-corrected chi connectivity index (χ2v) is 7.10. The third-order valence-corrected chi connectivity index (χ3v) is 4.79. The topological polar surface area (TPSA) is 49.6 Å². The van der Waals surface area contributed by atoms with Gasteiger partial charge >= 0.3 is 0 Å². The Balaban J connectivity index is 1.66. The van der Waals surface area contributed by atoms with E-state index in [-0.39, 0.29) is 11.4 Å². The minimum atomic E-state index is -0.544. The lowest BCUT2D eigenvalue weighted by atomic mass is 9.97. The Bertz CT molecular complexity index is 522. The van der Waals surface area contributed by atoms with Gasteiger partial charge in [-0.05, 0) is 32.3 Å². The highest BCUT2D eigenvalue weighted by Gasteiger charge is 2.50. The highest BCUT2D eigenvalue weighted by Crippen LogP contribution is 2.35. The fraction of sp³-hybridized carbons (Fsp3) is 0.588. The molecule has 0 spiro atoms. The molecule has 0 bridgehead atoms. The number of carbonyl (C=O) groups excluding carboxylic acids is 1. The van der Waals surface area contributed by atoms with E-state index in [0.29, 0.717) is 0 Å². The van der Waals surface area contributed by atoms with Crippen LogP contribution in [0.25, 0.3) is 0 Å². The van der Waals surface area contributed by atoms with Crippen molar-refractivity contribution < 1.29 is 4.79 Å². The number of amides is 1. The van der Waals surface area contributed by atoms with Crippen molar-refractivity contribution in [2.24, 2.45) is 5.73 Å². The van der Waals surface area contributed by atoms with E-state index in [1.54, 1.807) is 0 Å². The van der Waals surface area contributed by atoms with Gasteiger partial charge in [-0.3, -0.25) is 9.69 Å². The van der Waals surface area contributed by atoms with Gasteiger partial charge in [0, 0.05) is 31.7 Å². The first-order valence-electron chi connectivity index (χ1n) is 7.78. The average molecular weight is 287 g/mol. The molecule has 2 aliphatic rings. The van der Waals surface area contributed by atoms with Crippen LogP contribution in [0, 0.1) is 0 Å².